The van der Waals surface area contributed by atoms with Crippen LogP contribution < -0.4 is 76.4 Å². The summed E-state index contributed by atoms with van der Waals surface area (Å²) in [7, 11) is 1.48. The summed E-state index contributed by atoms with van der Waals surface area (Å²) in [5, 5.41) is 17.5. The number of nitrogens with one attached hydrogen (secondary N) is 7. The van der Waals surface area contributed by atoms with E-state index in [9.17, 15) is 52.7 Å². The van der Waals surface area contributed by atoms with Gasteiger partial charge in [0.2, 0.25) is 65.0 Å². The summed E-state index contributed by atoms with van der Waals surface area (Å²) in [5.41, 5.74) is 33.9. The average molecular weight is 1100 g/mol. The summed E-state index contributed by atoms with van der Waals surface area (Å²) >= 11 is 8.33. The third kappa shape index (κ3) is 21.3. The lowest BCUT2D eigenvalue weighted by molar-refractivity contribution is -0.142. The summed E-state index contributed by atoms with van der Waals surface area (Å²) in [6, 6.07) is 4.00. The molecule has 0 aliphatic carbocycles. The standard InChI is InChI=1S/C47H69N15O12S2/c1-74-27-13-11-26(12-14-27)20-31(58-39(66)28(48)23-75)43(70)59-32(19-25-7-3-2-4-8-25)42(69)56-30(15-16-36(49)63)41(68)60-33(21-37(50)64)44(71)61-34(24-76)46(73)62-18-6-10-35(62)45(72)57-29(9-5-17-54-47(52)53)40(67)55-22-38(51)65/h2-4,7-8,11-14,28-35,75-76H,5-6,9-10,15-24,48H2,1H3,(H2,49,63)(H2,50,64)(H2,51,65)(H,55,67)(H,56,69)(H,57,72)(H,58,66)(H,59,70)(H,60,68)(H,61,71)(H4,52,53,54)/t28-,29-,30-,31-,32-,33-,34-,35-/m0/s1. The van der Waals surface area contributed by atoms with Gasteiger partial charge in [-0.15, -0.1) is 0 Å². The van der Waals surface area contributed by atoms with Crippen LogP contribution in [0.2, 0.25) is 0 Å². The van der Waals surface area contributed by atoms with Gasteiger partial charge >= 0.3 is 0 Å². The van der Waals surface area contributed by atoms with Gasteiger partial charge in [0.1, 0.15) is 48.0 Å². The van der Waals surface area contributed by atoms with Gasteiger partial charge in [0.25, 0.3) is 0 Å². The van der Waals surface area contributed by atoms with E-state index < -0.39 is 139 Å². The second-order valence-electron chi connectivity index (χ2n) is 17.6. The van der Waals surface area contributed by atoms with Gasteiger partial charge in [-0.05, 0) is 55.4 Å². The van der Waals surface area contributed by atoms with Crippen LogP contribution in [0.3, 0.4) is 0 Å². The number of guanidine groups is 1. The average Bonchev–Trinajstić information content (AvgIpc) is 3.89. The Morgan fingerprint density at radius 3 is 1.72 bits per heavy atom. The normalized spacial score (nSPS) is 15.6. The quantitative estimate of drug-likeness (QED) is 0.0141. The Hall–Kier alpha value is -7.66. The zero-order chi connectivity index (χ0) is 56.5. The number of methoxy groups -OCH3 is 1. The molecule has 0 spiro atoms. The molecule has 2 aromatic rings. The van der Waals surface area contributed by atoms with E-state index in [-0.39, 0.29) is 62.7 Å². The number of aliphatic imine (C=N–C) groups is 1. The van der Waals surface area contributed by atoms with E-state index >= 15 is 0 Å². The minimum Gasteiger partial charge on any atom is -0.497 e. The van der Waals surface area contributed by atoms with Crippen molar-refractivity contribution in [3.05, 3.63) is 65.7 Å². The molecule has 1 fully saturated rings. The molecule has 0 aromatic heterocycles. The zero-order valence-electron chi connectivity index (χ0n) is 41.9. The van der Waals surface area contributed by atoms with Crippen molar-refractivity contribution in [3.63, 3.8) is 0 Å². The molecular formula is C47H69N15O12S2. The topological polar surface area (TPSA) is 453 Å². The van der Waals surface area contributed by atoms with Crippen LogP contribution in [0.1, 0.15) is 56.1 Å². The lowest BCUT2D eigenvalue weighted by Gasteiger charge is -2.30. The second-order valence-corrected chi connectivity index (χ2v) is 18.3. The molecule has 1 aliphatic rings. The number of carbonyl (C=O) groups is 11. The Morgan fingerprint density at radius 2 is 1.17 bits per heavy atom. The molecule has 19 N–H and O–H groups in total. The first-order valence-electron chi connectivity index (χ1n) is 24.0. The molecule has 29 heteroatoms. The maximum absolute atomic E-state index is 14.3. The molecule has 76 heavy (non-hydrogen) atoms. The Morgan fingerprint density at radius 1 is 0.632 bits per heavy atom. The molecule has 8 atom stereocenters. The molecule has 3 rings (SSSR count). The van der Waals surface area contributed by atoms with Crippen LogP contribution in [-0.2, 0) is 65.6 Å². The highest BCUT2D eigenvalue weighted by Crippen LogP contribution is 2.20. The van der Waals surface area contributed by atoms with Crippen LogP contribution in [0.15, 0.2) is 59.6 Å². The number of benzene rings is 2. The lowest BCUT2D eigenvalue weighted by Crippen LogP contribution is -2.61. The molecular weight excluding hydrogens is 1030 g/mol. The SMILES string of the molecule is COc1ccc(C[C@H](NC(=O)[C@@H](N)CS)C(=O)N[C@@H](Cc2ccccc2)C(=O)N[C@@H](CCC(N)=O)C(=O)N[C@@H](CC(N)=O)C(=O)N[C@@H](CS)C(=O)N2CCC[C@H]2C(=O)N[C@@H](CCCN=C(N)N)C(=O)NCC(N)=O)cc1. The van der Waals surface area contributed by atoms with E-state index in [1.54, 1.807) is 54.6 Å². The van der Waals surface area contributed by atoms with Gasteiger partial charge in [-0.2, -0.15) is 25.3 Å². The number of ether oxygens (including phenoxy) is 1. The first-order valence-corrected chi connectivity index (χ1v) is 25.3. The number of thiol groups is 2. The van der Waals surface area contributed by atoms with Crippen LogP contribution in [-0.4, -0.2) is 162 Å². The zero-order valence-corrected chi connectivity index (χ0v) is 43.7. The van der Waals surface area contributed by atoms with E-state index in [0.29, 0.717) is 23.3 Å². The Balaban J connectivity index is 1.87. The predicted octanol–water partition coefficient (Wildman–Crippen LogP) is -5.64. The van der Waals surface area contributed by atoms with E-state index in [1.807, 2.05) is 0 Å². The number of hydrogen-bond acceptors (Lipinski definition) is 16. The van der Waals surface area contributed by atoms with Crippen LogP contribution in [0.5, 0.6) is 5.75 Å². The monoisotopic (exact) mass is 1100 g/mol. The molecule has 11 amide bonds. The largest absolute Gasteiger partial charge is 0.497 e. The van der Waals surface area contributed by atoms with Crippen molar-refractivity contribution in [3.8, 4) is 5.75 Å². The maximum Gasteiger partial charge on any atom is 0.246 e. The van der Waals surface area contributed by atoms with E-state index in [2.05, 4.69) is 67.5 Å². The van der Waals surface area contributed by atoms with Crippen LogP contribution in [0.4, 0.5) is 0 Å². The van der Waals surface area contributed by atoms with Gasteiger partial charge in [0.15, 0.2) is 5.96 Å². The van der Waals surface area contributed by atoms with Crippen LogP contribution in [0, 0.1) is 0 Å². The smallest absolute Gasteiger partial charge is 0.246 e. The van der Waals surface area contributed by atoms with Crippen LogP contribution in [0.25, 0.3) is 0 Å². The van der Waals surface area contributed by atoms with E-state index in [4.69, 9.17) is 39.1 Å². The summed E-state index contributed by atoms with van der Waals surface area (Å²) in [5.74, 6) is -9.81. The van der Waals surface area contributed by atoms with Crippen LogP contribution >= 0.6 is 25.3 Å². The van der Waals surface area contributed by atoms with Gasteiger partial charge < -0.3 is 81.3 Å². The molecule has 0 saturated carbocycles. The number of rotatable bonds is 32. The van der Waals surface area contributed by atoms with Crippen molar-refractivity contribution < 1.29 is 57.5 Å². The van der Waals surface area contributed by atoms with Gasteiger partial charge in [0, 0.05) is 43.9 Å². The first-order chi connectivity index (χ1) is 36.1. The third-order valence-corrected chi connectivity index (χ3v) is 12.4. The van der Waals surface area contributed by atoms with Gasteiger partial charge in [-0.1, -0.05) is 42.5 Å². The lowest BCUT2D eigenvalue weighted by atomic mass is 10.0. The van der Waals surface area contributed by atoms with Gasteiger partial charge in [0.05, 0.1) is 26.1 Å². The molecule has 2 aromatic carbocycles. The number of primary amides is 3. The minimum atomic E-state index is -1.80. The fraction of sp³-hybridized carbons (Fsp3) is 0.489. The van der Waals surface area contributed by atoms with Crippen molar-refractivity contribution in [2.75, 3.05) is 38.2 Å². The summed E-state index contributed by atoms with van der Waals surface area (Å²) in [6.07, 6.45) is -1.23. The molecule has 27 nitrogen and oxygen atoms in total. The molecule has 1 saturated heterocycles. The van der Waals surface area contributed by atoms with Gasteiger partial charge in [-0.3, -0.25) is 57.7 Å². The summed E-state index contributed by atoms with van der Waals surface area (Å²) < 4.78 is 5.22. The van der Waals surface area contributed by atoms with Crippen molar-refractivity contribution in [2.24, 2.45) is 39.4 Å². The molecule has 1 aliphatic heterocycles. The van der Waals surface area contributed by atoms with Crippen molar-refractivity contribution in [2.45, 2.75) is 106 Å². The number of nitrogens with two attached hydrogens (primary N) is 6. The summed E-state index contributed by atoms with van der Waals surface area (Å²) in [6.45, 7) is -0.374. The molecule has 0 bridgehead atoms. The van der Waals surface area contributed by atoms with Crippen molar-refractivity contribution >= 4 is 96.2 Å². The highest BCUT2D eigenvalue weighted by atomic mass is 32.1. The predicted molar refractivity (Wildman–Crippen MR) is 283 cm³/mol. The maximum atomic E-state index is 14.3. The van der Waals surface area contributed by atoms with Crippen molar-refractivity contribution in [1.29, 1.82) is 0 Å². The number of carbonyl (C=O) groups excluding carboxylic acids is 11. The fourth-order valence-electron chi connectivity index (χ4n) is 7.71. The molecule has 0 radical (unpaired) electrons. The molecule has 1 heterocycles. The highest BCUT2D eigenvalue weighted by molar-refractivity contribution is 7.80. The van der Waals surface area contributed by atoms with E-state index in [1.165, 1.54) is 12.0 Å². The van der Waals surface area contributed by atoms with Crippen molar-refractivity contribution in [1.82, 2.24) is 42.1 Å². The molecule has 416 valence electrons. The first kappa shape index (κ1) is 62.6. The Kier molecular flexibility index (Phi) is 26.3. The van der Waals surface area contributed by atoms with E-state index in [0.717, 1.165) is 0 Å². The number of amides is 11. The Labute approximate surface area is 449 Å². The number of likely N-dealkylation sites (tertiary alicyclic amines) is 1. The number of hydrogen-bond donors (Lipinski definition) is 15. The summed E-state index contributed by atoms with van der Waals surface area (Å²) in [4.78, 5) is 151. The van der Waals surface area contributed by atoms with Gasteiger partial charge in [-0.25, -0.2) is 0 Å². The molecule has 0 unspecified atom stereocenters. The third-order valence-electron chi connectivity index (χ3n) is 11.7. The highest BCUT2D eigenvalue weighted by Gasteiger charge is 2.40. The fourth-order valence-corrected chi connectivity index (χ4v) is 8.12. The second kappa shape index (κ2) is 31.9. The minimum absolute atomic E-state index is 0.0223. The number of nitrogens with zero attached hydrogens (tertiary/aromatic N) is 2. The Bertz CT molecular complexity index is 2400.